The number of rotatable bonds is 1. The molecule has 0 saturated carbocycles. The van der Waals surface area contributed by atoms with Crippen molar-refractivity contribution in [1.29, 1.82) is 0 Å². The van der Waals surface area contributed by atoms with E-state index in [2.05, 4.69) is 17.1 Å². The normalized spacial score (nSPS) is 29.4. The standard InChI is InChI=1S/C14H16N2O2/c1-18-14(17)16-12-6-4-10(5-7-12)13(16)11-3-2-8-15-9-11/h2-4,6,8-10,12-13H,5,7H2,1H3/t10-,12+,13-/m1/s1. The molecule has 0 unspecified atom stereocenters. The molecular formula is C14H16N2O2. The summed E-state index contributed by atoms with van der Waals surface area (Å²) in [4.78, 5) is 18.0. The Hall–Kier alpha value is -1.84. The Kier molecular flexibility index (Phi) is 2.78. The molecule has 4 rings (SSSR count). The molecule has 4 heteroatoms. The van der Waals surface area contributed by atoms with Gasteiger partial charge in [-0.3, -0.25) is 9.88 Å². The van der Waals surface area contributed by atoms with E-state index in [4.69, 9.17) is 4.74 Å². The van der Waals surface area contributed by atoms with Crippen LogP contribution in [0, 0.1) is 5.92 Å². The van der Waals surface area contributed by atoms with E-state index in [1.54, 1.807) is 6.20 Å². The Balaban J connectivity index is 2.00. The van der Waals surface area contributed by atoms with Crippen LogP contribution in [0.1, 0.15) is 24.4 Å². The maximum atomic E-state index is 12.0. The maximum Gasteiger partial charge on any atom is 0.410 e. The minimum absolute atomic E-state index is 0.0647. The van der Waals surface area contributed by atoms with Crippen molar-refractivity contribution in [2.24, 2.45) is 5.92 Å². The number of ether oxygens (including phenoxy) is 1. The molecule has 4 nitrogen and oxygen atoms in total. The van der Waals surface area contributed by atoms with E-state index >= 15 is 0 Å². The first-order chi connectivity index (χ1) is 8.81. The van der Waals surface area contributed by atoms with Gasteiger partial charge in [-0.05, 0) is 24.5 Å². The first kappa shape index (κ1) is 11.3. The third kappa shape index (κ3) is 1.68. The van der Waals surface area contributed by atoms with Crippen molar-refractivity contribution in [3.05, 3.63) is 42.2 Å². The van der Waals surface area contributed by atoms with Gasteiger partial charge in [0.1, 0.15) is 0 Å². The van der Waals surface area contributed by atoms with Gasteiger partial charge in [-0.1, -0.05) is 18.2 Å². The summed E-state index contributed by atoms with van der Waals surface area (Å²) in [5.74, 6) is 0.373. The van der Waals surface area contributed by atoms with Gasteiger partial charge >= 0.3 is 6.09 Å². The number of hydrogen-bond donors (Lipinski definition) is 0. The van der Waals surface area contributed by atoms with Crippen LogP contribution < -0.4 is 0 Å². The zero-order valence-electron chi connectivity index (χ0n) is 10.3. The van der Waals surface area contributed by atoms with Crippen LogP contribution in [-0.2, 0) is 4.74 Å². The zero-order valence-corrected chi connectivity index (χ0v) is 10.3. The Morgan fingerprint density at radius 1 is 1.44 bits per heavy atom. The van der Waals surface area contributed by atoms with Crippen LogP contribution in [0.25, 0.3) is 0 Å². The van der Waals surface area contributed by atoms with E-state index < -0.39 is 0 Å². The van der Waals surface area contributed by atoms with Crippen LogP contribution in [0.2, 0.25) is 0 Å². The van der Waals surface area contributed by atoms with E-state index in [0.29, 0.717) is 5.92 Å². The summed E-state index contributed by atoms with van der Waals surface area (Å²) >= 11 is 0. The molecule has 1 aliphatic carbocycles. The number of aromatic nitrogens is 1. The summed E-state index contributed by atoms with van der Waals surface area (Å²) in [5, 5.41) is 0. The van der Waals surface area contributed by atoms with Gasteiger partial charge in [0.25, 0.3) is 0 Å². The Morgan fingerprint density at radius 2 is 2.33 bits per heavy atom. The topological polar surface area (TPSA) is 42.4 Å². The molecule has 3 heterocycles. The van der Waals surface area contributed by atoms with Gasteiger partial charge in [0.2, 0.25) is 0 Å². The number of hydrogen-bond acceptors (Lipinski definition) is 3. The Bertz CT molecular complexity index is 472. The lowest BCUT2D eigenvalue weighted by Crippen LogP contribution is -2.50. The van der Waals surface area contributed by atoms with Crippen molar-refractivity contribution in [2.75, 3.05) is 7.11 Å². The molecule has 3 aliphatic rings. The first-order valence-corrected chi connectivity index (χ1v) is 6.26. The molecule has 1 aromatic heterocycles. The van der Waals surface area contributed by atoms with Gasteiger partial charge in [-0.2, -0.15) is 0 Å². The van der Waals surface area contributed by atoms with Crippen molar-refractivity contribution in [3.63, 3.8) is 0 Å². The van der Waals surface area contributed by atoms with Crippen LogP contribution >= 0.6 is 0 Å². The third-order valence-electron chi connectivity index (χ3n) is 3.85. The number of nitrogens with zero attached hydrogens (tertiary/aromatic N) is 2. The van der Waals surface area contributed by atoms with Crippen molar-refractivity contribution >= 4 is 6.09 Å². The fourth-order valence-corrected chi connectivity index (χ4v) is 3.05. The quantitative estimate of drug-likeness (QED) is 0.713. The predicted molar refractivity (Wildman–Crippen MR) is 66.9 cm³/mol. The Labute approximate surface area is 106 Å². The van der Waals surface area contributed by atoms with Crippen LogP contribution in [0.5, 0.6) is 0 Å². The van der Waals surface area contributed by atoms with Gasteiger partial charge in [-0.25, -0.2) is 4.79 Å². The SMILES string of the molecule is COC(=O)N1[C@H]2C=C[C@H](CC2)[C@@H]1c1cccnc1. The average molecular weight is 244 g/mol. The van der Waals surface area contributed by atoms with Gasteiger partial charge in [0, 0.05) is 18.3 Å². The largest absolute Gasteiger partial charge is 0.453 e. The lowest BCUT2D eigenvalue weighted by Gasteiger charge is -2.47. The fourth-order valence-electron chi connectivity index (χ4n) is 3.05. The van der Waals surface area contributed by atoms with Crippen molar-refractivity contribution in [1.82, 2.24) is 9.88 Å². The smallest absolute Gasteiger partial charge is 0.410 e. The molecule has 1 fully saturated rings. The Morgan fingerprint density at radius 3 is 2.94 bits per heavy atom. The monoisotopic (exact) mass is 244 g/mol. The third-order valence-corrected chi connectivity index (χ3v) is 3.85. The second-order valence-corrected chi connectivity index (χ2v) is 4.80. The van der Waals surface area contributed by atoms with Crippen LogP contribution in [0.4, 0.5) is 4.79 Å². The zero-order chi connectivity index (χ0) is 12.5. The van der Waals surface area contributed by atoms with E-state index in [0.717, 1.165) is 18.4 Å². The highest BCUT2D eigenvalue weighted by Crippen LogP contribution is 2.43. The van der Waals surface area contributed by atoms with Gasteiger partial charge in [0.05, 0.1) is 19.2 Å². The minimum Gasteiger partial charge on any atom is -0.453 e. The second-order valence-electron chi connectivity index (χ2n) is 4.80. The summed E-state index contributed by atoms with van der Waals surface area (Å²) in [5.41, 5.74) is 1.09. The molecule has 94 valence electrons. The summed E-state index contributed by atoms with van der Waals surface area (Å²) in [6.45, 7) is 0. The molecule has 1 amide bonds. The molecule has 2 bridgehead atoms. The van der Waals surface area contributed by atoms with Gasteiger partial charge in [-0.15, -0.1) is 0 Å². The lowest BCUT2D eigenvalue weighted by atomic mass is 9.77. The van der Waals surface area contributed by atoms with Crippen molar-refractivity contribution in [2.45, 2.75) is 24.9 Å². The summed E-state index contributed by atoms with van der Waals surface area (Å²) in [7, 11) is 1.44. The molecule has 1 saturated heterocycles. The fraction of sp³-hybridized carbons (Fsp3) is 0.429. The molecule has 1 aromatic rings. The predicted octanol–water partition coefficient (Wildman–Crippen LogP) is 2.54. The number of amides is 1. The first-order valence-electron chi connectivity index (χ1n) is 6.26. The average Bonchev–Trinajstić information content (AvgIpc) is 2.47. The highest BCUT2D eigenvalue weighted by molar-refractivity contribution is 5.69. The van der Waals surface area contributed by atoms with Gasteiger partial charge in [0.15, 0.2) is 0 Å². The second kappa shape index (κ2) is 4.44. The van der Waals surface area contributed by atoms with Crippen LogP contribution in [0.3, 0.4) is 0 Å². The summed E-state index contributed by atoms with van der Waals surface area (Å²) < 4.78 is 4.93. The maximum absolute atomic E-state index is 12.0. The highest BCUT2D eigenvalue weighted by atomic mass is 16.5. The van der Waals surface area contributed by atoms with Gasteiger partial charge < -0.3 is 4.74 Å². The van der Waals surface area contributed by atoms with E-state index in [-0.39, 0.29) is 18.2 Å². The molecule has 0 aromatic carbocycles. The van der Waals surface area contributed by atoms with Crippen molar-refractivity contribution in [3.8, 4) is 0 Å². The molecule has 3 atom stereocenters. The summed E-state index contributed by atoms with van der Waals surface area (Å²) in [6.07, 6.45) is 9.84. The van der Waals surface area contributed by atoms with Crippen molar-refractivity contribution < 1.29 is 9.53 Å². The highest BCUT2D eigenvalue weighted by Gasteiger charge is 2.42. The number of carbonyl (C=O) groups is 1. The number of piperidine rings is 1. The molecular weight excluding hydrogens is 228 g/mol. The molecule has 0 N–H and O–H groups in total. The van der Waals surface area contributed by atoms with E-state index in [9.17, 15) is 4.79 Å². The molecule has 18 heavy (non-hydrogen) atoms. The number of methoxy groups -OCH3 is 1. The number of carbonyl (C=O) groups excluding carboxylic acids is 1. The number of pyridine rings is 1. The number of fused-ring (bicyclic) bond motifs is 2. The molecule has 2 aliphatic heterocycles. The van der Waals surface area contributed by atoms with E-state index in [1.165, 1.54) is 7.11 Å². The lowest BCUT2D eigenvalue weighted by molar-refractivity contribution is 0.0473. The van der Waals surface area contributed by atoms with E-state index in [1.807, 2.05) is 23.2 Å². The van der Waals surface area contributed by atoms with Crippen LogP contribution in [-0.4, -0.2) is 29.1 Å². The minimum atomic E-state index is -0.247. The van der Waals surface area contributed by atoms with Crippen LogP contribution in [0.15, 0.2) is 36.7 Å². The molecule has 0 spiro atoms. The molecule has 0 radical (unpaired) electrons. The summed E-state index contributed by atoms with van der Waals surface area (Å²) in [6, 6.07) is 4.17.